The fourth-order valence-electron chi connectivity index (χ4n) is 3.90. The molecule has 8 heteroatoms. The van der Waals surface area contributed by atoms with Gasteiger partial charge in [-0.3, -0.25) is 9.36 Å². The number of hydrogen-bond acceptors (Lipinski definition) is 4. The van der Waals surface area contributed by atoms with Crippen LogP contribution in [-0.2, 0) is 6.54 Å². The van der Waals surface area contributed by atoms with Crippen LogP contribution in [0.2, 0.25) is 15.1 Å². The highest BCUT2D eigenvalue weighted by molar-refractivity contribution is 6.40. The predicted molar refractivity (Wildman–Crippen MR) is 143 cm³/mol. The standard InChI is InChI=1S/C27H25Cl3N2O3/c1-34-20-12-10-18(11-13-20)26-31-24-9-5-4-8-21(24)27(33)32(26)14-6-2-3-7-15-35-25-22(29)16-19(28)17-23(25)30/h4-5,8-13,16-17H,2-3,6-7,14-15H2,1H3. The maximum absolute atomic E-state index is 13.3. The van der Waals surface area contributed by atoms with E-state index in [0.717, 1.165) is 37.0 Å². The fourth-order valence-corrected chi connectivity index (χ4v) is 4.83. The van der Waals surface area contributed by atoms with E-state index in [1.807, 2.05) is 48.5 Å². The third kappa shape index (κ3) is 6.10. The van der Waals surface area contributed by atoms with Gasteiger partial charge in [0.2, 0.25) is 0 Å². The Morgan fingerprint density at radius 2 is 1.57 bits per heavy atom. The summed E-state index contributed by atoms with van der Waals surface area (Å²) in [4.78, 5) is 18.1. The number of fused-ring (bicyclic) bond motifs is 1. The summed E-state index contributed by atoms with van der Waals surface area (Å²) in [6.07, 6.45) is 3.56. The van der Waals surface area contributed by atoms with E-state index in [1.165, 1.54) is 0 Å². The summed E-state index contributed by atoms with van der Waals surface area (Å²) in [5, 5.41) is 1.89. The van der Waals surface area contributed by atoms with Gasteiger partial charge in [0, 0.05) is 17.1 Å². The van der Waals surface area contributed by atoms with Crippen LogP contribution in [0.1, 0.15) is 25.7 Å². The summed E-state index contributed by atoms with van der Waals surface area (Å²) in [5.41, 5.74) is 1.53. The Kier molecular flexibility index (Phi) is 8.55. The lowest BCUT2D eigenvalue weighted by Crippen LogP contribution is -2.23. The van der Waals surface area contributed by atoms with Crippen molar-refractivity contribution in [2.45, 2.75) is 32.2 Å². The molecule has 5 nitrogen and oxygen atoms in total. The molecule has 0 aliphatic carbocycles. The van der Waals surface area contributed by atoms with Gasteiger partial charge in [0.15, 0.2) is 5.75 Å². The number of aromatic nitrogens is 2. The van der Waals surface area contributed by atoms with Gasteiger partial charge in [-0.1, -0.05) is 59.8 Å². The topological polar surface area (TPSA) is 53.3 Å². The molecular weight excluding hydrogens is 507 g/mol. The van der Waals surface area contributed by atoms with Crippen LogP contribution in [0, 0.1) is 0 Å². The second kappa shape index (κ2) is 11.8. The lowest BCUT2D eigenvalue weighted by molar-refractivity contribution is 0.304. The zero-order valence-corrected chi connectivity index (χ0v) is 21.5. The van der Waals surface area contributed by atoms with Crippen molar-refractivity contribution in [3.63, 3.8) is 0 Å². The highest BCUT2D eigenvalue weighted by atomic mass is 35.5. The third-order valence-electron chi connectivity index (χ3n) is 5.70. The number of ether oxygens (including phenoxy) is 2. The van der Waals surface area contributed by atoms with Gasteiger partial charge in [-0.15, -0.1) is 0 Å². The largest absolute Gasteiger partial charge is 0.497 e. The molecule has 0 radical (unpaired) electrons. The van der Waals surface area contributed by atoms with Gasteiger partial charge in [-0.25, -0.2) is 4.98 Å². The molecule has 0 amide bonds. The molecule has 1 heterocycles. The Morgan fingerprint density at radius 1 is 0.886 bits per heavy atom. The molecule has 0 aliphatic rings. The lowest BCUT2D eigenvalue weighted by atomic mass is 10.1. The number of nitrogens with zero attached hydrogens (tertiary/aromatic N) is 2. The lowest BCUT2D eigenvalue weighted by Gasteiger charge is -2.14. The van der Waals surface area contributed by atoms with Crippen molar-refractivity contribution in [1.29, 1.82) is 0 Å². The fraction of sp³-hybridized carbons (Fsp3) is 0.259. The van der Waals surface area contributed by atoms with E-state index in [9.17, 15) is 4.79 Å². The van der Waals surface area contributed by atoms with Crippen molar-refractivity contribution in [3.05, 3.63) is 86.1 Å². The number of benzene rings is 3. The van der Waals surface area contributed by atoms with Crippen molar-refractivity contribution < 1.29 is 9.47 Å². The monoisotopic (exact) mass is 530 g/mol. The summed E-state index contributed by atoms with van der Waals surface area (Å²) in [6, 6.07) is 18.3. The Hall–Kier alpha value is -2.73. The van der Waals surface area contributed by atoms with E-state index >= 15 is 0 Å². The van der Waals surface area contributed by atoms with Gasteiger partial charge in [0.05, 0.1) is 34.7 Å². The smallest absolute Gasteiger partial charge is 0.261 e. The summed E-state index contributed by atoms with van der Waals surface area (Å²) >= 11 is 18.3. The van der Waals surface area contributed by atoms with E-state index in [-0.39, 0.29) is 5.56 Å². The number of methoxy groups -OCH3 is 1. The molecule has 0 unspecified atom stereocenters. The van der Waals surface area contributed by atoms with Crippen molar-refractivity contribution in [2.75, 3.05) is 13.7 Å². The molecule has 35 heavy (non-hydrogen) atoms. The Labute approximate surface area is 219 Å². The van der Waals surface area contributed by atoms with E-state index in [2.05, 4.69) is 0 Å². The molecule has 0 atom stereocenters. The van der Waals surface area contributed by atoms with Crippen molar-refractivity contribution in [3.8, 4) is 22.9 Å². The van der Waals surface area contributed by atoms with Gasteiger partial charge in [0.25, 0.3) is 5.56 Å². The molecule has 182 valence electrons. The molecule has 0 N–H and O–H groups in total. The van der Waals surface area contributed by atoms with Crippen molar-refractivity contribution >= 4 is 45.7 Å². The van der Waals surface area contributed by atoms with Gasteiger partial charge >= 0.3 is 0 Å². The van der Waals surface area contributed by atoms with Crippen LogP contribution in [0.5, 0.6) is 11.5 Å². The molecule has 4 rings (SSSR count). The van der Waals surface area contributed by atoms with Crippen LogP contribution < -0.4 is 15.0 Å². The maximum atomic E-state index is 13.3. The second-order valence-electron chi connectivity index (χ2n) is 8.10. The van der Waals surface area contributed by atoms with Crippen LogP contribution in [0.4, 0.5) is 0 Å². The minimum Gasteiger partial charge on any atom is -0.497 e. The quantitative estimate of drug-likeness (QED) is 0.197. The minimum atomic E-state index is -0.0308. The van der Waals surface area contributed by atoms with Crippen LogP contribution in [0.3, 0.4) is 0 Å². The van der Waals surface area contributed by atoms with Gasteiger partial charge < -0.3 is 9.47 Å². The van der Waals surface area contributed by atoms with Crippen LogP contribution in [0.25, 0.3) is 22.3 Å². The number of halogens is 3. The van der Waals surface area contributed by atoms with Gasteiger partial charge in [0.1, 0.15) is 11.6 Å². The zero-order valence-electron chi connectivity index (χ0n) is 19.3. The number of para-hydroxylation sites is 1. The van der Waals surface area contributed by atoms with Gasteiger partial charge in [-0.2, -0.15) is 0 Å². The van der Waals surface area contributed by atoms with Crippen molar-refractivity contribution in [2.24, 2.45) is 0 Å². The Bertz CT molecular complexity index is 1350. The third-order valence-corrected chi connectivity index (χ3v) is 6.48. The molecule has 4 aromatic rings. The summed E-state index contributed by atoms with van der Waals surface area (Å²) in [7, 11) is 1.63. The molecular formula is C27H25Cl3N2O3. The number of hydrogen-bond donors (Lipinski definition) is 0. The van der Waals surface area contributed by atoms with E-state index < -0.39 is 0 Å². The first-order valence-corrected chi connectivity index (χ1v) is 12.5. The van der Waals surface area contributed by atoms with Gasteiger partial charge in [-0.05, 0) is 61.4 Å². The first-order chi connectivity index (χ1) is 17.0. The Balaban J connectivity index is 1.40. The second-order valence-corrected chi connectivity index (χ2v) is 9.35. The molecule has 0 bridgehead atoms. The first-order valence-electron chi connectivity index (χ1n) is 11.4. The number of rotatable bonds is 10. The molecule has 0 saturated heterocycles. The average molecular weight is 532 g/mol. The van der Waals surface area contributed by atoms with E-state index in [4.69, 9.17) is 49.3 Å². The highest BCUT2D eigenvalue weighted by Gasteiger charge is 2.13. The molecule has 0 spiro atoms. The summed E-state index contributed by atoms with van der Waals surface area (Å²) in [6.45, 7) is 1.07. The van der Waals surface area contributed by atoms with E-state index in [1.54, 1.807) is 23.8 Å². The first kappa shape index (κ1) is 25.4. The maximum Gasteiger partial charge on any atom is 0.261 e. The molecule has 1 aromatic heterocycles. The van der Waals surface area contributed by atoms with Crippen LogP contribution >= 0.6 is 34.8 Å². The summed E-state index contributed by atoms with van der Waals surface area (Å²) in [5.74, 6) is 1.87. The molecule has 0 saturated carbocycles. The molecule has 0 fully saturated rings. The SMILES string of the molecule is COc1ccc(-c2nc3ccccc3c(=O)n2CCCCCCOc2c(Cl)cc(Cl)cc2Cl)cc1. The number of unbranched alkanes of at least 4 members (excludes halogenated alkanes) is 3. The zero-order chi connectivity index (χ0) is 24.8. The normalized spacial score (nSPS) is 11.1. The van der Waals surface area contributed by atoms with Crippen LogP contribution in [-0.4, -0.2) is 23.3 Å². The minimum absolute atomic E-state index is 0.0308. The highest BCUT2D eigenvalue weighted by Crippen LogP contribution is 2.35. The Morgan fingerprint density at radius 3 is 2.29 bits per heavy atom. The van der Waals surface area contributed by atoms with Crippen molar-refractivity contribution in [1.82, 2.24) is 9.55 Å². The predicted octanol–water partition coefficient (Wildman–Crippen LogP) is 7.67. The summed E-state index contributed by atoms with van der Waals surface area (Å²) < 4.78 is 12.8. The van der Waals surface area contributed by atoms with Crippen LogP contribution in [0.15, 0.2) is 65.5 Å². The molecule has 0 aliphatic heterocycles. The van der Waals surface area contributed by atoms with E-state index in [0.29, 0.717) is 50.7 Å². The molecule has 3 aromatic carbocycles. The average Bonchev–Trinajstić information content (AvgIpc) is 2.85.